The Balaban J connectivity index is 3.15. The molecule has 13 heavy (non-hydrogen) atoms. The van der Waals surface area contributed by atoms with Crippen LogP contribution in [0.2, 0.25) is 0 Å². The third-order valence-corrected chi connectivity index (χ3v) is 2.02. The van der Waals surface area contributed by atoms with Gasteiger partial charge in [0, 0.05) is 16.7 Å². The number of aromatic amines is 2. The van der Waals surface area contributed by atoms with Crippen molar-refractivity contribution < 1.29 is 0 Å². The molecule has 0 bridgehead atoms. The molecule has 0 aliphatic heterocycles. The van der Waals surface area contributed by atoms with Crippen molar-refractivity contribution in [2.45, 2.75) is 32.6 Å². The van der Waals surface area contributed by atoms with Crippen molar-refractivity contribution in [2.75, 3.05) is 6.54 Å². The number of nitrogens with two attached hydrogens (primary N) is 1. The number of hydrogen-bond acceptors (Lipinski definition) is 2. The fraction of sp³-hybridized carbons (Fsp3) is 0.667. The largest absolute Gasteiger partial charge is 0.330 e. The Kier molecular flexibility index (Phi) is 2.61. The third kappa shape index (κ3) is 2.01. The molecular weight excluding hydrogens is 166 g/mol. The van der Waals surface area contributed by atoms with Gasteiger partial charge in [0.2, 0.25) is 0 Å². The van der Waals surface area contributed by atoms with Gasteiger partial charge in [0.15, 0.2) is 0 Å². The highest BCUT2D eigenvalue weighted by Gasteiger charge is 2.21. The molecule has 0 radical (unpaired) electrons. The normalized spacial score (nSPS) is 12.0. The zero-order valence-corrected chi connectivity index (χ0v) is 8.40. The van der Waals surface area contributed by atoms with Crippen LogP contribution in [0.5, 0.6) is 0 Å². The zero-order valence-electron chi connectivity index (χ0n) is 8.40. The van der Waals surface area contributed by atoms with Crippen molar-refractivity contribution in [3.05, 3.63) is 21.6 Å². The minimum absolute atomic E-state index is 0.0380. The van der Waals surface area contributed by atoms with Crippen LogP contribution in [-0.2, 0) is 11.8 Å². The van der Waals surface area contributed by atoms with Gasteiger partial charge in [-0.05, 0) is 13.0 Å². The summed E-state index contributed by atoms with van der Waals surface area (Å²) in [5, 5.41) is 5.50. The first-order chi connectivity index (χ1) is 5.96. The van der Waals surface area contributed by atoms with Crippen molar-refractivity contribution >= 4 is 0 Å². The second-order valence-corrected chi connectivity index (χ2v) is 4.22. The summed E-state index contributed by atoms with van der Waals surface area (Å²) in [5.41, 5.74) is 7.10. The number of H-pyrrole nitrogens is 2. The molecule has 1 heterocycles. The van der Waals surface area contributed by atoms with Crippen molar-refractivity contribution in [1.29, 1.82) is 0 Å². The quantitative estimate of drug-likeness (QED) is 0.624. The topological polar surface area (TPSA) is 74.7 Å². The van der Waals surface area contributed by atoms with Crippen molar-refractivity contribution in [1.82, 2.24) is 10.2 Å². The average molecular weight is 183 g/mol. The Bertz CT molecular complexity index is 329. The second kappa shape index (κ2) is 3.38. The van der Waals surface area contributed by atoms with E-state index in [0.29, 0.717) is 13.0 Å². The van der Waals surface area contributed by atoms with E-state index in [4.69, 9.17) is 5.73 Å². The van der Waals surface area contributed by atoms with Crippen molar-refractivity contribution in [3.63, 3.8) is 0 Å². The summed E-state index contributed by atoms with van der Waals surface area (Å²) < 4.78 is 0. The van der Waals surface area contributed by atoms with Crippen molar-refractivity contribution in [3.8, 4) is 0 Å². The van der Waals surface area contributed by atoms with E-state index in [1.54, 1.807) is 0 Å². The smallest absolute Gasteiger partial charge is 0.267 e. The zero-order chi connectivity index (χ0) is 10.1. The Hall–Kier alpha value is -1.03. The van der Waals surface area contributed by atoms with Gasteiger partial charge >= 0.3 is 0 Å². The number of hydrogen-bond donors (Lipinski definition) is 3. The molecule has 0 saturated heterocycles. The first-order valence-corrected chi connectivity index (χ1v) is 4.47. The summed E-state index contributed by atoms with van der Waals surface area (Å²) in [6.45, 7) is 6.69. The molecule has 0 amide bonds. The average Bonchev–Trinajstić information content (AvgIpc) is 2.32. The van der Waals surface area contributed by atoms with Crippen LogP contribution in [0.3, 0.4) is 0 Å². The Morgan fingerprint density at radius 3 is 2.38 bits per heavy atom. The van der Waals surface area contributed by atoms with E-state index < -0.39 is 0 Å². The standard InChI is InChI=1S/C9H17N3O/c1-9(2,3)7-6(4-5-10)8(13)12-11-7/h4-5,10H2,1-3H3,(H2,11,12,13). The highest BCUT2D eigenvalue weighted by Crippen LogP contribution is 2.21. The molecule has 0 fully saturated rings. The van der Waals surface area contributed by atoms with E-state index in [0.717, 1.165) is 11.3 Å². The molecule has 0 atom stereocenters. The van der Waals surface area contributed by atoms with E-state index in [-0.39, 0.29) is 11.0 Å². The van der Waals surface area contributed by atoms with E-state index in [2.05, 4.69) is 31.0 Å². The summed E-state index contributed by atoms with van der Waals surface area (Å²) in [6.07, 6.45) is 0.630. The van der Waals surface area contributed by atoms with Crippen LogP contribution in [0.4, 0.5) is 0 Å². The first-order valence-electron chi connectivity index (χ1n) is 4.47. The van der Waals surface area contributed by atoms with Gasteiger partial charge in [0.1, 0.15) is 0 Å². The summed E-state index contributed by atoms with van der Waals surface area (Å²) in [5.74, 6) is 0. The fourth-order valence-electron chi connectivity index (χ4n) is 1.41. The summed E-state index contributed by atoms with van der Waals surface area (Å²) in [6, 6.07) is 0. The molecule has 1 rings (SSSR count). The Morgan fingerprint density at radius 1 is 1.31 bits per heavy atom. The van der Waals surface area contributed by atoms with Crippen molar-refractivity contribution in [2.24, 2.45) is 5.73 Å². The van der Waals surface area contributed by atoms with Crippen LogP contribution in [0.1, 0.15) is 32.0 Å². The molecule has 1 aromatic heterocycles. The number of nitrogens with one attached hydrogen (secondary N) is 2. The summed E-state index contributed by atoms with van der Waals surface area (Å²) >= 11 is 0. The van der Waals surface area contributed by atoms with Gasteiger partial charge in [-0.15, -0.1) is 0 Å². The van der Waals surface area contributed by atoms with Gasteiger partial charge in [0.25, 0.3) is 5.56 Å². The van der Waals surface area contributed by atoms with Gasteiger partial charge in [-0.25, -0.2) is 0 Å². The Morgan fingerprint density at radius 2 is 1.92 bits per heavy atom. The maximum absolute atomic E-state index is 11.3. The summed E-state index contributed by atoms with van der Waals surface area (Å²) in [7, 11) is 0. The highest BCUT2D eigenvalue weighted by molar-refractivity contribution is 5.23. The Labute approximate surface area is 77.5 Å². The highest BCUT2D eigenvalue weighted by atomic mass is 16.1. The monoisotopic (exact) mass is 183 g/mol. The van der Waals surface area contributed by atoms with E-state index >= 15 is 0 Å². The number of rotatable bonds is 2. The predicted molar refractivity (Wildman–Crippen MR) is 52.9 cm³/mol. The lowest BCUT2D eigenvalue weighted by Crippen LogP contribution is -2.19. The molecule has 1 aromatic rings. The van der Waals surface area contributed by atoms with E-state index in [1.165, 1.54) is 0 Å². The maximum Gasteiger partial charge on any atom is 0.267 e. The lowest BCUT2D eigenvalue weighted by Gasteiger charge is -2.17. The minimum atomic E-state index is -0.0459. The van der Waals surface area contributed by atoms with Gasteiger partial charge in [-0.1, -0.05) is 20.8 Å². The van der Waals surface area contributed by atoms with Gasteiger partial charge in [-0.2, -0.15) is 0 Å². The molecule has 0 aliphatic carbocycles. The second-order valence-electron chi connectivity index (χ2n) is 4.22. The van der Waals surface area contributed by atoms with E-state index in [9.17, 15) is 4.79 Å². The van der Waals surface area contributed by atoms with Gasteiger partial charge in [-0.3, -0.25) is 9.89 Å². The molecule has 74 valence electrons. The predicted octanol–water partition coefficient (Wildman–Crippen LogP) is 0.502. The third-order valence-electron chi connectivity index (χ3n) is 2.02. The van der Waals surface area contributed by atoms with Crippen LogP contribution in [-0.4, -0.2) is 16.7 Å². The molecule has 4 heteroatoms. The van der Waals surface area contributed by atoms with Crippen LogP contribution in [0, 0.1) is 0 Å². The van der Waals surface area contributed by atoms with Crippen LogP contribution in [0.25, 0.3) is 0 Å². The van der Waals surface area contributed by atoms with Gasteiger partial charge < -0.3 is 10.8 Å². The fourth-order valence-corrected chi connectivity index (χ4v) is 1.41. The van der Waals surface area contributed by atoms with Crippen LogP contribution < -0.4 is 11.3 Å². The molecule has 0 spiro atoms. The van der Waals surface area contributed by atoms with Crippen LogP contribution in [0.15, 0.2) is 4.79 Å². The molecule has 4 nitrogen and oxygen atoms in total. The molecule has 0 saturated carbocycles. The van der Waals surface area contributed by atoms with Crippen LogP contribution >= 0.6 is 0 Å². The molecule has 0 unspecified atom stereocenters. The van der Waals surface area contributed by atoms with E-state index in [1.807, 2.05) is 0 Å². The lowest BCUT2D eigenvalue weighted by molar-refractivity contribution is 0.560. The SMILES string of the molecule is CC(C)(C)c1[nH][nH]c(=O)c1CCN. The molecular formula is C9H17N3O. The maximum atomic E-state index is 11.3. The van der Waals surface area contributed by atoms with Gasteiger partial charge in [0.05, 0.1) is 0 Å². The lowest BCUT2D eigenvalue weighted by atomic mass is 9.89. The first kappa shape index (κ1) is 10.1. The number of aromatic nitrogens is 2. The molecule has 4 N–H and O–H groups in total. The summed E-state index contributed by atoms with van der Waals surface area (Å²) in [4.78, 5) is 11.3. The molecule has 0 aliphatic rings. The minimum Gasteiger partial charge on any atom is -0.330 e. The molecule has 0 aromatic carbocycles.